The largest absolute Gasteiger partial charge is 0.441 e. The third-order valence-electron chi connectivity index (χ3n) is 2.95. The summed E-state index contributed by atoms with van der Waals surface area (Å²) in [6.45, 7) is 3.70. The van der Waals surface area contributed by atoms with Crippen LogP contribution in [0.4, 0.5) is 0 Å². The molecule has 0 radical (unpaired) electrons. The molecular formula is C10H9NO4S2. The molecule has 5 nitrogen and oxygen atoms in total. The van der Waals surface area contributed by atoms with E-state index in [1.54, 1.807) is 0 Å². The maximum absolute atomic E-state index is 11.9. The third kappa shape index (κ3) is 1.08. The van der Waals surface area contributed by atoms with Gasteiger partial charge in [0.05, 0.1) is 0 Å². The number of furan rings is 1. The molecule has 1 amide bonds. The van der Waals surface area contributed by atoms with Gasteiger partial charge in [-0.25, -0.2) is 4.31 Å². The van der Waals surface area contributed by atoms with Crippen LogP contribution in [0, 0.1) is 13.8 Å². The molecule has 1 aliphatic rings. The first kappa shape index (κ1) is 10.8. The fourth-order valence-corrected chi connectivity index (χ4v) is 4.27. The first-order valence-electron chi connectivity index (χ1n) is 4.91. The molecular weight excluding hydrogens is 262 g/mol. The van der Waals surface area contributed by atoms with Gasteiger partial charge in [-0.15, -0.1) is 11.3 Å². The summed E-state index contributed by atoms with van der Waals surface area (Å²) in [7, 11) is -2.53. The molecule has 0 saturated carbocycles. The SMILES string of the molecule is Cc1sc(C)c2c3c(oc12)S(=O)(=O)N(C)C3=O. The van der Waals surface area contributed by atoms with Crippen LogP contribution in [0.1, 0.15) is 20.1 Å². The number of rotatable bonds is 0. The molecule has 0 unspecified atom stereocenters. The van der Waals surface area contributed by atoms with Crippen LogP contribution in [0.15, 0.2) is 9.51 Å². The molecule has 2 aromatic heterocycles. The second-order valence-corrected chi connectivity index (χ2v) is 7.26. The summed E-state index contributed by atoms with van der Waals surface area (Å²) in [5.74, 6) is -0.514. The number of nitrogens with zero attached hydrogens (tertiary/aromatic N) is 1. The lowest BCUT2D eigenvalue weighted by atomic mass is 10.2. The van der Waals surface area contributed by atoms with Gasteiger partial charge in [-0.2, -0.15) is 8.42 Å². The van der Waals surface area contributed by atoms with Crippen LogP contribution in [0.25, 0.3) is 11.0 Å². The second-order valence-electron chi connectivity index (χ2n) is 3.96. The Hall–Kier alpha value is -1.34. The van der Waals surface area contributed by atoms with Crippen molar-refractivity contribution in [2.45, 2.75) is 18.9 Å². The molecule has 0 atom stereocenters. The van der Waals surface area contributed by atoms with Gasteiger partial charge >= 0.3 is 10.0 Å². The van der Waals surface area contributed by atoms with E-state index in [-0.39, 0.29) is 10.7 Å². The van der Waals surface area contributed by atoms with E-state index in [1.165, 1.54) is 18.4 Å². The Kier molecular flexibility index (Phi) is 1.85. The minimum atomic E-state index is -3.78. The average molecular weight is 271 g/mol. The predicted molar refractivity (Wildman–Crippen MR) is 62.8 cm³/mol. The van der Waals surface area contributed by atoms with Gasteiger partial charge in [-0.05, 0) is 13.8 Å². The van der Waals surface area contributed by atoms with E-state index in [2.05, 4.69) is 0 Å². The number of aryl methyl sites for hydroxylation is 2. The molecule has 0 aromatic carbocycles. The van der Waals surface area contributed by atoms with Crippen LogP contribution in [-0.4, -0.2) is 25.7 Å². The summed E-state index contributed by atoms with van der Waals surface area (Å²) >= 11 is 1.50. The lowest BCUT2D eigenvalue weighted by Crippen LogP contribution is -2.25. The molecule has 0 bridgehead atoms. The lowest BCUT2D eigenvalue weighted by molar-refractivity contribution is 0.0893. The molecule has 3 heterocycles. The summed E-state index contributed by atoms with van der Waals surface area (Å²) in [6, 6.07) is 0. The van der Waals surface area contributed by atoms with E-state index >= 15 is 0 Å². The molecule has 1 aliphatic heterocycles. The van der Waals surface area contributed by atoms with Crippen molar-refractivity contribution in [2.24, 2.45) is 0 Å². The number of hydrogen-bond acceptors (Lipinski definition) is 5. The number of hydrogen-bond donors (Lipinski definition) is 0. The van der Waals surface area contributed by atoms with E-state index in [1.807, 2.05) is 13.8 Å². The molecule has 3 rings (SSSR count). The summed E-state index contributed by atoms with van der Waals surface area (Å²) in [5.41, 5.74) is 0.701. The standard InChI is InChI=1S/C10H9NO4S2/c1-4-6-7-9(12)11(3)17(13,14)10(7)15-8(6)5(2)16-4/h1-3H3. The van der Waals surface area contributed by atoms with Crippen LogP contribution in [0.3, 0.4) is 0 Å². The minimum Gasteiger partial charge on any atom is -0.441 e. The molecule has 7 heteroatoms. The van der Waals surface area contributed by atoms with Gasteiger partial charge in [0, 0.05) is 22.2 Å². The van der Waals surface area contributed by atoms with E-state index in [4.69, 9.17) is 4.42 Å². The van der Waals surface area contributed by atoms with Crippen molar-refractivity contribution in [2.75, 3.05) is 7.05 Å². The summed E-state index contributed by atoms with van der Waals surface area (Å²) < 4.78 is 29.9. The Morgan fingerprint density at radius 2 is 1.88 bits per heavy atom. The number of carbonyl (C=O) groups excluding carboxylic acids is 1. The van der Waals surface area contributed by atoms with Gasteiger partial charge in [0.25, 0.3) is 11.0 Å². The van der Waals surface area contributed by atoms with Gasteiger partial charge in [0.15, 0.2) is 5.58 Å². The average Bonchev–Trinajstić information content (AvgIpc) is 2.81. The van der Waals surface area contributed by atoms with Crippen LogP contribution in [0.2, 0.25) is 0 Å². The summed E-state index contributed by atoms with van der Waals surface area (Å²) in [6.07, 6.45) is 0. The number of thiophene rings is 1. The Labute approximate surface area is 102 Å². The van der Waals surface area contributed by atoms with Crippen molar-refractivity contribution < 1.29 is 17.6 Å². The Balaban J connectivity index is 2.55. The maximum Gasteiger partial charge on any atom is 0.300 e. The third-order valence-corrected chi connectivity index (χ3v) is 5.59. The zero-order valence-electron chi connectivity index (χ0n) is 9.40. The minimum absolute atomic E-state index is 0.185. The van der Waals surface area contributed by atoms with Crippen molar-refractivity contribution in [1.82, 2.24) is 4.31 Å². The fourth-order valence-electron chi connectivity index (χ4n) is 2.09. The van der Waals surface area contributed by atoms with E-state index in [0.29, 0.717) is 11.0 Å². The summed E-state index contributed by atoms with van der Waals surface area (Å²) in [5, 5.41) is 0.425. The molecule has 0 aliphatic carbocycles. The van der Waals surface area contributed by atoms with Crippen LogP contribution in [0.5, 0.6) is 0 Å². The highest BCUT2D eigenvalue weighted by Crippen LogP contribution is 2.42. The highest BCUT2D eigenvalue weighted by molar-refractivity contribution is 7.90. The number of carbonyl (C=O) groups is 1. The van der Waals surface area contributed by atoms with E-state index < -0.39 is 15.9 Å². The number of fused-ring (bicyclic) bond motifs is 3. The van der Waals surface area contributed by atoms with Crippen molar-refractivity contribution >= 4 is 38.2 Å². The zero-order chi connectivity index (χ0) is 12.5. The van der Waals surface area contributed by atoms with E-state index in [0.717, 1.165) is 14.1 Å². The van der Waals surface area contributed by atoms with Gasteiger partial charge < -0.3 is 4.42 Å². The van der Waals surface area contributed by atoms with Gasteiger partial charge in [0.2, 0.25) is 0 Å². The van der Waals surface area contributed by atoms with Crippen molar-refractivity contribution in [3.63, 3.8) is 0 Å². The molecule has 0 fully saturated rings. The van der Waals surface area contributed by atoms with Gasteiger partial charge in [-0.3, -0.25) is 4.79 Å². The van der Waals surface area contributed by atoms with Crippen molar-refractivity contribution in [1.29, 1.82) is 0 Å². The monoisotopic (exact) mass is 271 g/mol. The Morgan fingerprint density at radius 3 is 2.53 bits per heavy atom. The van der Waals surface area contributed by atoms with Crippen LogP contribution < -0.4 is 0 Å². The normalized spacial score (nSPS) is 18.1. The summed E-state index contributed by atoms with van der Waals surface area (Å²) in [4.78, 5) is 13.7. The maximum atomic E-state index is 11.9. The molecule has 90 valence electrons. The smallest absolute Gasteiger partial charge is 0.300 e. The zero-order valence-corrected chi connectivity index (χ0v) is 11.0. The predicted octanol–water partition coefficient (Wildman–Crippen LogP) is 1.89. The quantitative estimate of drug-likeness (QED) is 0.733. The van der Waals surface area contributed by atoms with Crippen LogP contribution in [-0.2, 0) is 10.0 Å². The van der Waals surface area contributed by atoms with Gasteiger partial charge in [-0.1, -0.05) is 0 Å². The molecule has 0 N–H and O–H groups in total. The fraction of sp³-hybridized carbons (Fsp3) is 0.300. The number of sulfonamides is 1. The van der Waals surface area contributed by atoms with Gasteiger partial charge in [0.1, 0.15) is 5.56 Å². The van der Waals surface area contributed by atoms with Crippen molar-refractivity contribution in [3.8, 4) is 0 Å². The number of amides is 1. The lowest BCUT2D eigenvalue weighted by Gasteiger charge is -2.05. The molecule has 0 saturated heterocycles. The molecule has 17 heavy (non-hydrogen) atoms. The Bertz CT molecular complexity index is 766. The van der Waals surface area contributed by atoms with Crippen LogP contribution >= 0.6 is 11.3 Å². The van der Waals surface area contributed by atoms with Crippen molar-refractivity contribution in [3.05, 3.63) is 15.3 Å². The van der Waals surface area contributed by atoms with E-state index in [9.17, 15) is 13.2 Å². The first-order valence-corrected chi connectivity index (χ1v) is 7.17. The topological polar surface area (TPSA) is 67.6 Å². The molecule has 2 aromatic rings. The Morgan fingerprint density at radius 1 is 1.24 bits per heavy atom. The highest BCUT2D eigenvalue weighted by atomic mass is 32.2. The second kappa shape index (κ2) is 2.91. The molecule has 0 spiro atoms. The highest BCUT2D eigenvalue weighted by Gasteiger charge is 2.45. The first-order chi connectivity index (χ1) is 7.85.